The molecular weight excluding hydrogens is 394 g/mol. The lowest BCUT2D eigenvalue weighted by atomic mass is 10.0. The van der Waals surface area contributed by atoms with Gasteiger partial charge in [0.1, 0.15) is 17.9 Å². The molecule has 1 amide bonds. The van der Waals surface area contributed by atoms with Crippen LogP contribution in [-0.2, 0) is 21.1 Å². The summed E-state index contributed by atoms with van der Waals surface area (Å²) in [7, 11) is -3.23. The summed E-state index contributed by atoms with van der Waals surface area (Å²) in [5, 5.41) is 4.53. The summed E-state index contributed by atoms with van der Waals surface area (Å²) in [6.07, 6.45) is 1.71. The molecule has 0 spiro atoms. The van der Waals surface area contributed by atoms with Crippen LogP contribution in [0.3, 0.4) is 0 Å². The molecule has 0 aliphatic carbocycles. The van der Waals surface area contributed by atoms with Crippen molar-refractivity contribution in [2.75, 3.05) is 12.4 Å². The Labute approximate surface area is 169 Å². The van der Waals surface area contributed by atoms with Crippen molar-refractivity contribution < 1.29 is 22.4 Å². The topological polar surface area (TPSA) is 103 Å². The Kier molecular flexibility index (Phi) is 5.93. The Morgan fingerprint density at radius 2 is 2.14 bits per heavy atom. The third-order valence-corrected chi connectivity index (χ3v) is 6.02. The number of carbonyl (C=O) groups is 1. The molecule has 1 aromatic carbocycles. The Bertz CT molecular complexity index is 1160. The first kappa shape index (κ1) is 20.9. The normalized spacial score (nSPS) is 17.4. The predicted molar refractivity (Wildman–Crippen MR) is 111 cm³/mol. The second-order valence-corrected chi connectivity index (χ2v) is 9.16. The number of ether oxygens (including phenoxy) is 1. The summed E-state index contributed by atoms with van der Waals surface area (Å²) in [4.78, 5) is 24.6. The number of aryl methyl sites for hydroxylation is 1. The van der Waals surface area contributed by atoms with Crippen LogP contribution in [0.5, 0.6) is 5.75 Å². The van der Waals surface area contributed by atoms with Gasteiger partial charge in [0.2, 0.25) is 5.91 Å². The van der Waals surface area contributed by atoms with Crippen molar-refractivity contribution in [2.24, 2.45) is 0 Å². The fraction of sp³-hybridized carbons (Fsp3) is 0.333. The van der Waals surface area contributed by atoms with Crippen molar-refractivity contribution in [3.63, 3.8) is 0 Å². The molecule has 8 heteroatoms. The zero-order valence-corrected chi connectivity index (χ0v) is 17.2. The molecule has 0 saturated carbocycles. The van der Waals surface area contributed by atoms with Crippen molar-refractivity contribution in [2.45, 2.75) is 32.7 Å². The summed E-state index contributed by atoms with van der Waals surface area (Å²) in [6.45, 7) is 7.83. The van der Waals surface area contributed by atoms with Crippen molar-refractivity contribution in [1.82, 2.24) is 5.32 Å². The molecule has 1 aliphatic heterocycles. The number of fused-ring (bicyclic) bond motifs is 1. The summed E-state index contributed by atoms with van der Waals surface area (Å²) < 4.78 is 33.8. The van der Waals surface area contributed by atoms with Crippen LogP contribution in [0.2, 0.25) is 0 Å². The summed E-state index contributed by atoms with van der Waals surface area (Å²) in [6, 6.07) is 4.75. The van der Waals surface area contributed by atoms with E-state index in [4.69, 9.17) is 9.15 Å². The van der Waals surface area contributed by atoms with Crippen molar-refractivity contribution in [3.8, 4) is 5.75 Å². The quantitative estimate of drug-likeness (QED) is 0.548. The average Bonchev–Trinajstić information content (AvgIpc) is 2.97. The van der Waals surface area contributed by atoms with E-state index in [1.165, 1.54) is 6.08 Å². The maximum atomic E-state index is 12.4. The third kappa shape index (κ3) is 5.14. The second kappa shape index (κ2) is 8.24. The van der Waals surface area contributed by atoms with Crippen LogP contribution in [0.4, 0.5) is 0 Å². The standard InChI is InChI=1S/C21H23NO6S/c1-13(2)11-27-16-4-5-17-14(3)18(21(24)28-19(17)10-16)6-7-20(23)22-15-8-9-29(25,26)12-15/h4-5,8-10,15H,1,6-7,11-12H2,2-3H3,(H,22,23). The van der Waals surface area contributed by atoms with Gasteiger partial charge in [-0.15, -0.1) is 0 Å². The van der Waals surface area contributed by atoms with E-state index in [1.54, 1.807) is 12.1 Å². The molecule has 1 aromatic heterocycles. The molecule has 2 aromatic rings. The number of sulfone groups is 1. The van der Waals surface area contributed by atoms with Crippen molar-refractivity contribution >= 4 is 26.7 Å². The highest BCUT2D eigenvalue weighted by molar-refractivity contribution is 7.94. The molecule has 0 fully saturated rings. The summed E-state index contributed by atoms with van der Waals surface area (Å²) >= 11 is 0. The molecule has 0 bridgehead atoms. The molecule has 1 unspecified atom stereocenters. The van der Waals surface area contributed by atoms with Crippen LogP contribution in [0.15, 0.2) is 51.0 Å². The van der Waals surface area contributed by atoms with Crippen LogP contribution in [0.25, 0.3) is 11.0 Å². The van der Waals surface area contributed by atoms with Gasteiger partial charge in [0.15, 0.2) is 9.84 Å². The Morgan fingerprint density at radius 1 is 1.38 bits per heavy atom. The Hall–Kier alpha value is -2.87. The van der Waals surface area contributed by atoms with Gasteiger partial charge in [0.25, 0.3) is 0 Å². The lowest BCUT2D eigenvalue weighted by Gasteiger charge is -2.12. The molecule has 1 atom stereocenters. The van der Waals surface area contributed by atoms with Gasteiger partial charge in [-0.2, -0.15) is 0 Å². The molecule has 0 radical (unpaired) electrons. The van der Waals surface area contributed by atoms with Crippen LogP contribution in [0, 0.1) is 6.92 Å². The Balaban J connectivity index is 1.71. The van der Waals surface area contributed by atoms with Crippen LogP contribution in [0.1, 0.15) is 24.5 Å². The van der Waals surface area contributed by atoms with E-state index in [1.807, 2.05) is 19.9 Å². The van der Waals surface area contributed by atoms with Crippen molar-refractivity contribution in [1.29, 1.82) is 0 Å². The molecule has 29 heavy (non-hydrogen) atoms. The monoisotopic (exact) mass is 417 g/mol. The van der Waals surface area contributed by atoms with E-state index < -0.39 is 21.5 Å². The van der Waals surface area contributed by atoms with E-state index in [-0.39, 0.29) is 24.5 Å². The first-order valence-electron chi connectivity index (χ1n) is 9.18. The van der Waals surface area contributed by atoms with Crippen LogP contribution < -0.4 is 15.7 Å². The van der Waals surface area contributed by atoms with E-state index in [0.29, 0.717) is 23.5 Å². The summed E-state index contributed by atoms with van der Waals surface area (Å²) in [5.41, 5.74) is 1.98. The van der Waals surface area contributed by atoms with Gasteiger partial charge in [-0.05, 0) is 49.6 Å². The van der Waals surface area contributed by atoms with Gasteiger partial charge in [0.05, 0.1) is 11.8 Å². The largest absolute Gasteiger partial charge is 0.489 e. The second-order valence-electron chi connectivity index (χ2n) is 7.23. The van der Waals surface area contributed by atoms with E-state index in [0.717, 1.165) is 21.9 Å². The lowest BCUT2D eigenvalue weighted by Crippen LogP contribution is -2.35. The zero-order chi connectivity index (χ0) is 21.2. The van der Waals surface area contributed by atoms with Crippen LogP contribution in [-0.4, -0.2) is 32.7 Å². The number of nitrogens with one attached hydrogen (secondary N) is 1. The maximum absolute atomic E-state index is 12.4. The van der Waals surface area contributed by atoms with Gasteiger partial charge in [-0.1, -0.05) is 6.58 Å². The molecule has 154 valence electrons. The zero-order valence-electron chi connectivity index (χ0n) is 16.4. The van der Waals surface area contributed by atoms with Gasteiger partial charge >= 0.3 is 5.63 Å². The molecule has 3 rings (SSSR count). The molecule has 7 nitrogen and oxygen atoms in total. The van der Waals surface area contributed by atoms with E-state index >= 15 is 0 Å². The minimum absolute atomic E-state index is 0.0568. The number of amides is 1. The SMILES string of the molecule is C=C(C)COc1ccc2c(C)c(CCC(=O)NC3C=CS(=O)(=O)C3)c(=O)oc2c1. The van der Waals surface area contributed by atoms with Gasteiger partial charge < -0.3 is 14.5 Å². The fourth-order valence-corrected chi connectivity index (χ4v) is 4.38. The minimum atomic E-state index is -3.23. The number of carbonyl (C=O) groups excluding carboxylic acids is 1. The number of benzene rings is 1. The van der Waals surface area contributed by atoms with Gasteiger partial charge in [-0.3, -0.25) is 4.79 Å². The number of hydrogen-bond acceptors (Lipinski definition) is 6. The first-order valence-corrected chi connectivity index (χ1v) is 10.9. The lowest BCUT2D eigenvalue weighted by molar-refractivity contribution is -0.121. The minimum Gasteiger partial charge on any atom is -0.489 e. The van der Waals surface area contributed by atoms with Gasteiger partial charge in [-0.25, -0.2) is 13.2 Å². The summed E-state index contributed by atoms with van der Waals surface area (Å²) in [5.74, 6) is 0.125. The highest BCUT2D eigenvalue weighted by atomic mass is 32.2. The highest BCUT2D eigenvalue weighted by Gasteiger charge is 2.23. The van der Waals surface area contributed by atoms with Gasteiger partial charge in [0, 0.05) is 28.8 Å². The van der Waals surface area contributed by atoms with Crippen molar-refractivity contribution in [3.05, 3.63) is 63.4 Å². The van der Waals surface area contributed by atoms with E-state index in [2.05, 4.69) is 11.9 Å². The van der Waals surface area contributed by atoms with Crippen LogP contribution >= 0.6 is 0 Å². The molecular formula is C21H23NO6S. The first-order chi connectivity index (χ1) is 13.6. The maximum Gasteiger partial charge on any atom is 0.339 e. The molecule has 0 saturated heterocycles. The molecule has 1 aliphatic rings. The average molecular weight is 417 g/mol. The third-order valence-electron chi connectivity index (χ3n) is 4.62. The number of rotatable bonds is 7. The predicted octanol–water partition coefficient (Wildman–Crippen LogP) is 2.42. The molecule has 2 heterocycles. The Morgan fingerprint density at radius 3 is 2.79 bits per heavy atom. The smallest absolute Gasteiger partial charge is 0.339 e. The van der Waals surface area contributed by atoms with E-state index in [9.17, 15) is 18.0 Å². The highest BCUT2D eigenvalue weighted by Crippen LogP contribution is 2.25. The number of hydrogen-bond donors (Lipinski definition) is 1. The fourth-order valence-electron chi connectivity index (χ4n) is 3.14. The molecule has 1 N–H and O–H groups in total.